The molecule has 20 heavy (non-hydrogen) atoms. The molecule has 1 heterocycles. The highest BCUT2D eigenvalue weighted by Crippen LogP contribution is 2.22. The number of hydrogen-bond donors (Lipinski definition) is 1. The van der Waals surface area contributed by atoms with Crippen molar-refractivity contribution in [2.45, 2.75) is 40.2 Å². The molecule has 106 valence electrons. The fourth-order valence-corrected chi connectivity index (χ4v) is 1.90. The van der Waals surface area contributed by atoms with Crippen LogP contribution in [0.4, 0.5) is 0 Å². The minimum Gasteiger partial charge on any atom is -0.441 e. The largest absolute Gasteiger partial charge is 0.441 e. The van der Waals surface area contributed by atoms with Crippen LogP contribution in [0.1, 0.15) is 42.1 Å². The SMILES string of the molecule is CCC(C)NC(=O)c1nc(-c2cccc(C)c2)oc1C. The number of carbonyl (C=O) groups is 1. The minimum absolute atomic E-state index is 0.126. The van der Waals surface area contributed by atoms with Gasteiger partial charge in [0, 0.05) is 11.6 Å². The van der Waals surface area contributed by atoms with Crippen LogP contribution in [0.3, 0.4) is 0 Å². The van der Waals surface area contributed by atoms with Gasteiger partial charge in [0.05, 0.1) is 0 Å². The summed E-state index contributed by atoms with van der Waals surface area (Å²) in [4.78, 5) is 16.4. The summed E-state index contributed by atoms with van der Waals surface area (Å²) in [5.74, 6) is 0.849. The summed E-state index contributed by atoms with van der Waals surface area (Å²) < 4.78 is 5.62. The molecule has 0 spiro atoms. The zero-order chi connectivity index (χ0) is 14.7. The van der Waals surface area contributed by atoms with Gasteiger partial charge in [-0.1, -0.05) is 24.6 Å². The second-order valence-corrected chi connectivity index (χ2v) is 5.08. The molecule has 1 aromatic carbocycles. The molecule has 0 saturated heterocycles. The second-order valence-electron chi connectivity index (χ2n) is 5.08. The van der Waals surface area contributed by atoms with Crippen molar-refractivity contribution >= 4 is 5.91 Å². The van der Waals surface area contributed by atoms with E-state index in [1.165, 1.54) is 0 Å². The van der Waals surface area contributed by atoms with Gasteiger partial charge >= 0.3 is 0 Å². The Hall–Kier alpha value is -2.10. The van der Waals surface area contributed by atoms with E-state index in [9.17, 15) is 4.79 Å². The third-order valence-electron chi connectivity index (χ3n) is 3.27. The number of nitrogens with zero attached hydrogens (tertiary/aromatic N) is 1. The molecule has 0 fully saturated rings. The molecule has 4 nitrogen and oxygen atoms in total. The highest BCUT2D eigenvalue weighted by Gasteiger charge is 2.19. The fraction of sp³-hybridized carbons (Fsp3) is 0.375. The van der Waals surface area contributed by atoms with Crippen LogP contribution < -0.4 is 5.32 Å². The van der Waals surface area contributed by atoms with E-state index in [1.807, 2.05) is 45.0 Å². The molecule has 1 aromatic heterocycles. The molecule has 2 aromatic rings. The zero-order valence-corrected chi connectivity index (χ0v) is 12.4. The number of rotatable bonds is 4. The summed E-state index contributed by atoms with van der Waals surface area (Å²) in [7, 11) is 0. The molecule has 1 N–H and O–H groups in total. The Bertz CT molecular complexity index is 617. The topological polar surface area (TPSA) is 55.1 Å². The lowest BCUT2D eigenvalue weighted by Gasteiger charge is -2.09. The van der Waals surface area contributed by atoms with Crippen LogP contribution in [-0.4, -0.2) is 16.9 Å². The van der Waals surface area contributed by atoms with Gasteiger partial charge in [-0.05, 0) is 39.3 Å². The molecule has 1 atom stereocenters. The molecule has 0 aliphatic carbocycles. The highest BCUT2D eigenvalue weighted by molar-refractivity contribution is 5.93. The standard InChI is InChI=1S/C16H20N2O2/c1-5-11(3)17-15(19)14-12(4)20-16(18-14)13-8-6-7-10(2)9-13/h6-9,11H,5H2,1-4H3,(H,17,19). The average Bonchev–Trinajstić information content (AvgIpc) is 2.80. The van der Waals surface area contributed by atoms with Crippen molar-refractivity contribution in [2.24, 2.45) is 0 Å². The molecule has 0 saturated carbocycles. The van der Waals surface area contributed by atoms with Crippen molar-refractivity contribution in [1.29, 1.82) is 0 Å². The molecule has 0 aliphatic heterocycles. The summed E-state index contributed by atoms with van der Waals surface area (Å²) >= 11 is 0. The Morgan fingerprint density at radius 2 is 2.15 bits per heavy atom. The van der Waals surface area contributed by atoms with Crippen molar-refractivity contribution in [3.63, 3.8) is 0 Å². The maximum absolute atomic E-state index is 12.1. The van der Waals surface area contributed by atoms with Gasteiger partial charge in [0.15, 0.2) is 5.69 Å². The minimum atomic E-state index is -0.181. The monoisotopic (exact) mass is 272 g/mol. The molecule has 0 radical (unpaired) electrons. The fourth-order valence-electron chi connectivity index (χ4n) is 1.90. The molecular formula is C16H20N2O2. The van der Waals surface area contributed by atoms with E-state index >= 15 is 0 Å². The number of nitrogens with one attached hydrogen (secondary N) is 1. The highest BCUT2D eigenvalue weighted by atomic mass is 16.4. The summed E-state index contributed by atoms with van der Waals surface area (Å²) in [6, 6.07) is 8.00. The number of carbonyl (C=O) groups excluding carboxylic acids is 1. The van der Waals surface area contributed by atoms with Gasteiger partial charge in [0.1, 0.15) is 5.76 Å². The van der Waals surface area contributed by atoms with Gasteiger partial charge in [-0.2, -0.15) is 0 Å². The van der Waals surface area contributed by atoms with Crippen molar-refractivity contribution in [3.8, 4) is 11.5 Å². The van der Waals surface area contributed by atoms with Crippen LogP contribution >= 0.6 is 0 Å². The third kappa shape index (κ3) is 3.07. The van der Waals surface area contributed by atoms with E-state index in [1.54, 1.807) is 6.92 Å². The number of amides is 1. The lowest BCUT2D eigenvalue weighted by molar-refractivity contribution is 0.0933. The normalized spacial score (nSPS) is 12.2. The Balaban J connectivity index is 2.28. The van der Waals surface area contributed by atoms with Crippen LogP contribution in [0.5, 0.6) is 0 Å². The first-order valence-corrected chi connectivity index (χ1v) is 6.86. The lowest BCUT2D eigenvalue weighted by Crippen LogP contribution is -2.32. The number of hydrogen-bond acceptors (Lipinski definition) is 3. The van der Waals surface area contributed by atoms with Crippen LogP contribution in [0, 0.1) is 13.8 Å². The first-order chi connectivity index (χ1) is 9.51. The van der Waals surface area contributed by atoms with Gasteiger partial charge < -0.3 is 9.73 Å². The van der Waals surface area contributed by atoms with Crippen molar-refractivity contribution < 1.29 is 9.21 Å². The Morgan fingerprint density at radius 1 is 1.40 bits per heavy atom. The summed E-state index contributed by atoms with van der Waals surface area (Å²) in [5, 5.41) is 2.90. The number of oxazole rings is 1. The molecule has 2 rings (SSSR count). The Morgan fingerprint density at radius 3 is 2.80 bits per heavy atom. The quantitative estimate of drug-likeness (QED) is 0.927. The van der Waals surface area contributed by atoms with Crippen LogP contribution in [-0.2, 0) is 0 Å². The molecule has 0 aliphatic rings. The van der Waals surface area contributed by atoms with Gasteiger partial charge in [-0.15, -0.1) is 0 Å². The van der Waals surface area contributed by atoms with E-state index in [0.29, 0.717) is 17.3 Å². The van der Waals surface area contributed by atoms with E-state index in [4.69, 9.17) is 4.42 Å². The van der Waals surface area contributed by atoms with Gasteiger partial charge in [-0.3, -0.25) is 4.79 Å². The predicted molar refractivity (Wildman–Crippen MR) is 78.6 cm³/mol. The Kier molecular flexibility index (Phi) is 4.23. The number of aryl methyl sites for hydroxylation is 2. The summed E-state index contributed by atoms with van der Waals surface area (Å²) in [6.45, 7) is 7.77. The Labute approximate surface area is 119 Å². The van der Waals surface area contributed by atoms with E-state index in [-0.39, 0.29) is 11.9 Å². The lowest BCUT2D eigenvalue weighted by atomic mass is 10.1. The van der Waals surface area contributed by atoms with Crippen molar-refractivity contribution in [2.75, 3.05) is 0 Å². The van der Waals surface area contributed by atoms with E-state index in [2.05, 4.69) is 10.3 Å². The summed E-state index contributed by atoms with van der Waals surface area (Å²) in [6.07, 6.45) is 0.882. The smallest absolute Gasteiger partial charge is 0.273 e. The maximum Gasteiger partial charge on any atom is 0.273 e. The first kappa shape index (κ1) is 14.3. The van der Waals surface area contributed by atoms with Gasteiger partial charge in [-0.25, -0.2) is 4.98 Å². The van der Waals surface area contributed by atoms with Crippen molar-refractivity contribution in [1.82, 2.24) is 10.3 Å². The van der Waals surface area contributed by atoms with E-state index in [0.717, 1.165) is 17.5 Å². The molecule has 4 heteroatoms. The second kappa shape index (κ2) is 5.90. The number of aromatic nitrogens is 1. The predicted octanol–water partition coefficient (Wildman–Crippen LogP) is 3.49. The third-order valence-corrected chi connectivity index (χ3v) is 3.27. The molecular weight excluding hydrogens is 252 g/mol. The van der Waals surface area contributed by atoms with E-state index < -0.39 is 0 Å². The van der Waals surface area contributed by atoms with Crippen LogP contribution in [0.2, 0.25) is 0 Å². The van der Waals surface area contributed by atoms with Crippen LogP contribution in [0.25, 0.3) is 11.5 Å². The molecule has 1 unspecified atom stereocenters. The summed E-state index contributed by atoms with van der Waals surface area (Å²) in [5.41, 5.74) is 2.38. The molecule has 0 bridgehead atoms. The van der Waals surface area contributed by atoms with Gasteiger partial charge in [0.2, 0.25) is 5.89 Å². The van der Waals surface area contributed by atoms with Gasteiger partial charge in [0.25, 0.3) is 5.91 Å². The number of benzene rings is 1. The van der Waals surface area contributed by atoms with Crippen molar-refractivity contribution in [3.05, 3.63) is 41.3 Å². The first-order valence-electron chi connectivity index (χ1n) is 6.86. The van der Waals surface area contributed by atoms with Crippen LogP contribution in [0.15, 0.2) is 28.7 Å². The molecule has 1 amide bonds. The zero-order valence-electron chi connectivity index (χ0n) is 12.4. The maximum atomic E-state index is 12.1. The average molecular weight is 272 g/mol.